The Labute approximate surface area is 82.9 Å². The standard InChI is InChI=1S/C12H13FO/c13-11-3-1-2-10(6-11)12-5-4-9(7-12)8-14-12/h1-3,6,9H,4-5,7-8H2. The van der Waals surface area contributed by atoms with Gasteiger partial charge in [-0.25, -0.2) is 4.39 Å². The van der Waals surface area contributed by atoms with Crippen molar-refractivity contribution in [3.8, 4) is 0 Å². The van der Waals surface area contributed by atoms with E-state index in [2.05, 4.69) is 0 Å². The third-order valence-corrected chi connectivity index (χ3v) is 3.52. The summed E-state index contributed by atoms with van der Waals surface area (Å²) in [6.07, 6.45) is 3.37. The predicted octanol–water partition coefficient (Wildman–Crippen LogP) is 2.85. The van der Waals surface area contributed by atoms with Crippen LogP contribution in [0.15, 0.2) is 24.3 Å². The van der Waals surface area contributed by atoms with E-state index in [1.54, 1.807) is 12.1 Å². The number of benzene rings is 1. The van der Waals surface area contributed by atoms with Crippen molar-refractivity contribution < 1.29 is 9.13 Å². The maximum absolute atomic E-state index is 13.1. The molecule has 3 rings (SSSR count). The van der Waals surface area contributed by atoms with Crippen LogP contribution in [0.25, 0.3) is 0 Å². The maximum atomic E-state index is 13.1. The van der Waals surface area contributed by atoms with Crippen LogP contribution in [0.1, 0.15) is 24.8 Å². The molecule has 1 aromatic rings. The lowest BCUT2D eigenvalue weighted by Gasteiger charge is -2.27. The van der Waals surface area contributed by atoms with Crippen molar-refractivity contribution in [1.82, 2.24) is 0 Å². The smallest absolute Gasteiger partial charge is 0.123 e. The number of rotatable bonds is 1. The van der Waals surface area contributed by atoms with Crippen molar-refractivity contribution in [3.05, 3.63) is 35.6 Å². The van der Waals surface area contributed by atoms with E-state index in [0.717, 1.165) is 25.0 Å². The van der Waals surface area contributed by atoms with E-state index in [1.807, 2.05) is 6.07 Å². The van der Waals surface area contributed by atoms with Crippen molar-refractivity contribution in [2.75, 3.05) is 6.61 Å². The van der Waals surface area contributed by atoms with Gasteiger partial charge in [0.05, 0.1) is 12.2 Å². The Morgan fingerprint density at radius 3 is 2.93 bits per heavy atom. The fourth-order valence-corrected chi connectivity index (χ4v) is 2.78. The highest BCUT2D eigenvalue weighted by Crippen LogP contribution is 2.50. The first-order chi connectivity index (χ1) is 6.78. The molecule has 0 N–H and O–H groups in total. The molecule has 2 unspecified atom stereocenters. The van der Waals surface area contributed by atoms with Crippen molar-refractivity contribution >= 4 is 0 Å². The van der Waals surface area contributed by atoms with Gasteiger partial charge in [0.15, 0.2) is 0 Å². The van der Waals surface area contributed by atoms with Crippen LogP contribution >= 0.6 is 0 Å². The van der Waals surface area contributed by atoms with E-state index in [1.165, 1.54) is 12.5 Å². The zero-order chi connectivity index (χ0) is 9.60. The Bertz CT molecular complexity index is 353. The predicted molar refractivity (Wildman–Crippen MR) is 51.4 cm³/mol. The van der Waals surface area contributed by atoms with Crippen molar-refractivity contribution in [2.45, 2.75) is 24.9 Å². The maximum Gasteiger partial charge on any atom is 0.123 e. The largest absolute Gasteiger partial charge is 0.370 e. The Morgan fingerprint density at radius 1 is 1.43 bits per heavy atom. The van der Waals surface area contributed by atoms with Gasteiger partial charge in [-0.2, -0.15) is 0 Å². The zero-order valence-corrected chi connectivity index (χ0v) is 8.00. The molecular formula is C12H13FO. The van der Waals surface area contributed by atoms with Gasteiger partial charge in [-0.05, 0) is 42.9 Å². The monoisotopic (exact) mass is 192 g/mol. The molecule has 1 saturated carbocycles. The van der Waals surface area contributed by atoms with E-state index < -0.39 is 0 Å². The van der Waals surface area contributed by atoms with Gasteiger partial charge in [-0.3, -0.25) is 0 Å². The highest BCUT2D eigenvalue weighted by atomic mass is 19.1. The summed E-state index contributed by atoms with van der Waals surface area (Å²) in [5.74, 6) is 0.550. The number of halogens is 1. The van der Waals surface area contributed by atoms with Crippen LogP contribution in [0.2, 0.25) is 0 Å². The van der Waals surface area contributed by atoms with Crippen LogP contribution in [0.4, 0.5) is 4.39 Å². The number of hydrogen-bond donors (Lipinski definition) is 0. The lowest BCUT2D eigenvalue weighted by atomic mass is 9.92. The van der Waals surface area contributed by atoms with Gasteiger partial charge in [0, 0.05) is 0 Å². The number of fused-ring (bicyclic) bond motifs is 2. The van der Waals surface area contributed by atoms with E-state index in [-0.39, 0.29) is 11.4 Å². The molecule has 0 radical (unpaired) electrons. The zero-order valence-electron chi connectivity index (χ0n) is 8.00. The topological polar surface area (TPSA) is 9.23 Å². The first kappa shape index (κ1) is 8.42. The molecule has 2 fully saturated rings. The van der Waals surface area contributed by atoms with E-state index in [0.29, 0.717) is 5.92 Å². The summed E-state index contributed by atoms with van der Waals surface area (Å²) >= 11 is 0. The molecule has 2 bridgehead atoms. The summed E-state index contributed by atoms with van der Waals surface area (Å²) in [6, 6.07) is 6.86. The lowest BCUT2D eigenvalue weighted by Crippen LogP contribution is -2.23. The van der Waals surface area contributed by atoms with Crippen LogP contribution in [-0.4, -0.2) is 6.61 Å². The summed E-state index contributed by atoms with van der Waals surface area (Å²) in [5.41, 5.74) is 0.879. The van der Waals surface area contributed by atoms with Crippen LogP contribution < -0.4 is 0 Å². The Morgan fingerprint density at radius 2 is 2.36 bits per heavy atom. The van der Waals surface area contributed by atoms with E-state index >= 15 is 0 Å². The minimum atomic E-state index is -0.157. The Kier molecular flexibility index (Phi) is 1.68. The molecule has 1 nitrogen and oxygen atoms in total. The minimum Gasteiger partial charge on any atom is -0.370 e. The third kappa shape index (κ3) is 1.10. The van der Waals surface area contributed by atoms with Crippen LogP contribution in [0.5, 0.6) is 0 Å². The van der Waals surface area contributed by atoms with Gasteiger partial charge in [0.25, 0.3) is 0 Å². The quantitative estimate of drug-likeness (QED) is 0.664. The molecule has 1 heterocycles. The van der Waals surface area contributed by atoms with Gasteiger partial charge in [0.2, 0.25) is 0 Å². The highest BCUT2D eigenvalue weighted by Gasteiger charge is 2.47. The van der Waals surface area contributed by atoms with Crippen LogP contribution in [0.3, 0.4) is 0 Å². The average Bonchev–Trinajstić information content (AvgIpc) is 2.78. The summed E-state index contributed by atoms with van der Waals surface area (Å²) in [5, 5.41) is 0. The van der Waals surface area contributed by atoms with Crippen molar-refractivity contribution in [1.29, 1.82) is 0 Å². The first-order valence-corrected chi connectivity index (χ1v) is 5.19. The molecular weight excluding hydrogens is 179 g/mol. The van der Waals surface area contributed by atoms with Gasteiger partial charge in [0.1, 0.15) is 5.82 Å². The molecule has 14 heavy (non-hydrogen) atoms. The molecule has 1 aliphatic carbocycles. The van der Waals surface area contributed by atoms with Gasteiger partial charge >= 0.3 is 0 Å². The van der Waals surface area contributed by atoms with Crippen LogP contribution in [-0.2, 0) is 10.3 Å². The summed E-state index contributed by atoms with van der Waals surface area (Å²) in [4.78, 5) is 0. The SMILES string of the molecule is Fc1cccc(C23CCC(CO2)C3)c1. The van der Waals surface area contributed by atoms with Crippen molar-refractivity contribution in [2.24, 2.45) is 5.92 Å². The summed E-state index contributed by atoms with van der Waals surface area (Å²) in [7, 11) is 0. The molecule has 0 amide bonds. The number of hydrogen-bond acceptors (Lipinski definition) is 1. The molecule has 74 valence electrons. The van der Waals surface area contributed by atoms with Crippen LogP contribution in [0, 0.1) is 11.7 Å². The normalized spacial score (nSPS) is 35.1. The summed E-state index contributed by atoms with van der Waals surface area (Å²) in [6.45, 7) is 0.858. The Hall–Kier alpha value is -0.890. The fourth-order valence-electron chi connectivity index (χ4n) is 2.78. The van der Waals surface area contributed by atoms with Gasteiger partial charge < -0.3 is 4.74 Å². The molecule has 1 saturated heterocycles. The second-order valence-corrected chi connectivity index (χ2v) is 4.42. The molecule has 0 aromatic heterocycles. The molecule has 2 atom stereocenters. The Balaban J connectivity index is 2.02. The molecule has 2 aliphatic rings. The lowest BCUT2D eigenvalue weighted by molar-refractivity contribution is -0.0210. The third-order valence-electron chi connectivity index (χ3n) is 3.52. The molecule has 1 aromatic carbocycles. The molecule has 1 aliphatic heterocycles. The van der Waals surface area contributed by atoms with Gasteiger partial charge in [-0.1, -0.05) is 12.1 Å². The number of ether oxygens (including phenoxy) is 1. The minimum absolute atomic E-state index is 0.146. The second-order valence-electron chi connectivity index (χ2n) is 4.42. The average molecular weight is 192 g/mol. The second kappa shape index (κ2) is 2.80. The molecule has 0 spiro atoms. The fraction of sp³-hybridized carbons (Fsp3) is 0.500. The highest BCUT2D eigenvalue weighted by molar-refractivity contribution is 5.26. The van der Waals surface area contributed by atoms with Crippen molar-refractivity contribution in [3.63, 3.8) is 0 Å². The molecule has 2 heteroatoms. The van der Waals surface area contributed by atoms with E-state index in [4.69, 9.17) is 4.74 Å². The summed E-state index contributed by atoms with van der Waals surface area (Å²) < 4.78 is 18.9. The van der Waals surface area contributed by atoms with Gasteiger partial charge in [-0.15, -0.1) is 0 Å². The van der Waals surface area contributed by atoms with E-state index in [9.17, 15) is 4.39 Å². The first-order valence-electron chi connectivity index (χ1n) is 5.19.